The number of carbonyl (C=O) groups is 5. The molecule has 2 unspecified atom stereocenters. The van der Waals surface area contributed by atoms with Crippen LogP contribution in [0, 0.1) is 23.7 Å². The van der Waals surface area contributed by atoms with Crippen LogP contribution in [0.25, 0.3) is 0 Å². The maximum atomic E-state index is 13.4. The minimum Gasteiger partial charge on any atom is -0.466 e. The van der Waals surface area contributed by atoms with Crippen LogP contribution in [0.2, 0.25) is 0 Å². The molecule has 370 valence electrons. The van der Waals surface area contributed by atoms with Gasteiger partial charge < -0.3 is 43.0 Å². The largest absolute Gasteiger partial charge is 0.466 e. The van der Waals surface area contributed by atoms with Crippen LogP contribution >= 0.6 is 0 Å². The summed E-state index contributed by atoms with van der Waals surface area (Å²) in [5.74, 6) is -2.12. The standard InChI is InChI=1S/C27H36O7.C27H34O7/c2*1-5-9-21-12-13-22(29)25(33-21)18(3)26-24(30)27(32-16-20-10-7-6-8-11-20)23(34-26)14-17(2)15-31-19(4)28/h5-8,10-13,17-18,21,23-27,30H,1,9,14-16H2,2-4H3;5-8,10-13,17-18,21,23,25-27H,1,9,14-16H2,2-4H3/t17-,18-,21-,23-,24+,25?,26+,27+;17-,18-,21-,23-,25?,26+,27+/m11/s1. The summed E-state index contributed by atoms with van der Waals surface area (Å²) in [5, 5.41) is 11.2. The molecule has 6 rings (SSSR count). The van der Waals surface area contributed by atoms with Crippen molar-refractivity contribution in [2.24, 2.45) is 23.7 Å². The summed E-state index contributed by atoms with van der Waals surface area (Å²) in [6, 6.07) is 19.3. The lowest BCUT2D eigenvalue weighted by atomic mass is 9.88. The first-order chi connectivity index (χ1) is 32.6. The van der Waals surface area contributed by atoms with Gasteiger partial charge in [-0.05, 0) is 60.8 Å². The van der Waals surface area contributed by atoms with Gasteiger partial charge in [0.15, 0.2) is 17.3 Å². The average molecular weight is 943 g/mol. The van der Waals surface area contributed by atoms with Gasteiger partial charge in [0, 0.05) is 25.7 Å². The maximum Gasteiger partial charge on any atom is 0.302 e. The van der Waals surface area contributed by atoms with Crippen molar-refractivity contribution in [3.8, 4) is 0 Å². The summed E-state index contributed by atoms with van der Waals surface area (Å²) < 4.78 is 47.0. The Balaban J connectivity index is 0.000000254. The van der Waals surface area contributed by atoms with E-state index in [1.165, 1.54) is 19.9 Å². The number of esters is 2. The average Bonchev–Trinajstić information content (AvgIpc) is 3.80. The zero-order valence-corrected chi connectivity index (χ0v) is 40.2. The number of ketones is 3. The van der Waals surface area contributed by atoms with Crippen molar-refractivity contribution in [3.63, 3.8) is 0 Å². The molecule has 14 nitrogen and oxygen atoms in total. The molecule has 2 saturated heterocycles. The quantitative estimate of drug-likeness (QED) is 0.0943. The Labute approximate surface area is 401 Å². The normalized spacial score (nSPS) is 29.6. The molecule has 1 N–H and O–H groups in total. The van der Waals surface area contributed by atoms with Gasteiger partial charge in [-0.1, -0.05) is 113 Å². The van der Waals surface area contributed by atoms with E-state index in [2.05, 4.69) is 13.2 Å². The Morgan fingerprint density at radius 1 is 0.647 bits per heavy atom. The van der Waals surface area contributed by atoms with Crippen LogP contribution in [0.15, 0.2) is 110 Å². The molecule has 4 aliphatic heterocycles. The fraction of sp³-hybridized carbons (Fsp3) is 0.537. The van der Waals surface area contributed by atoms with Crippen molar-refractivity contribution < 1.29 is 67.0 Å². The number of hydrogen-bond donors (Lipinski definition) is 1. The van der Waals surface area contributed by atoms with Gasteiger partial charge in [-0.25, -0.2) is 0 Å². The van der Waals surface area contributed by atoms with Gasteiger partial charge in [0.2, 0.25) is 0 Å². The first-order valence-electron chi connectivity index (χ1n) is 23.7. The summed E-state index contributed by atoms with van der Waals surface area (Å²) >= 11 is 0. The Hall–Kier alpha value is -4.93. The lowest BCUT2D eigenvalue weighted by molar-refractivity contribution is -0.145. The second-order valence-corrected chi connectivity index (χ2v) is 18.4. The predicted molar refractivity (Wildman–Crippen MR) is 253 cm³/mol. The molecular weight excluding hydrogens is 873 g/mol. The van der Waals surface area contributed by atoms with Crippen LogP contribution in [0.1, 0.15) is 78.4 Å². The molecule has 0 saturated carbocycles. The predicted octanol–water partition coefficient (Wildman–Crippen LogP) is 7.00. The van der Waals surface area contributed by atoms with Crippen molar-refractivity contribution in [3.05, 3.63) is 121 Å². The summed E-state index contributed by atoms with van der Waals surface area (Å²) in [6.45, 7) is 18.8. The molecule has 0 bridgehead atoms. The number of carbonyl (C=O) groups excluding carboxylic acids is 5. The van der Waals surface area contributed by atoms with E-state index in [4.69, 9.17) is 37.9 Å². The number of hydrogen-bond acceptors (Lipinski definition) is 14. The molecule has 2 aromatic rings. The number of aliphatic hydroxyl groups is 1. The van der Waals surface area contributed by atoms with E-state index in [9.17, 15) is 29.1 Å². The number of ether oxygens (including phenoxy) is 8. The first-order valence-corrected chi connectivity index (χ1v) is 23.7. The van der Waals surface area contributed by atoms with Crippen molar-refractivity contribution in [1.82, 2.24) is 0 Å². The minimum absolute atomic E-state index is 0.00505. The molecule has 14 heteroatoms. The Morgan fingerprint density at radius 3 is 1.60 bits per heavy atom. The van der Waals surface area contributed by atoms with Crippen LogP contribution in [-0.2, 0) is 75.1 Å². The molecule has 2 aromatic carbocycles. The van der Waals surface area contributed by atoms with Gasteiger partial charge in [0.25, 0.3) is 0 Å². The molecule has 0 aliphatic carbocycles. The van der Waals surface area contributed by atoms with Gasteiger partial charge in [-0.2, -0.15) is 0 Å². The first kappa shape index (κ1) is 54.0. The van der Waals surface area contributed by atoms with Gasteiger partial charge in [-0.15, -0.1) is 13.2 Å². The second kappa shape index (κ2) is 26.7. The van der Waals surface area contributed by atoms with Crippen LogP contribution in [-0.4, -0.2) is 115 Å². The Kier molecular flexibility index (Phi) is 21.2. The smallest absolute Gasteiger partial charge is 0.302 e. The SMILES string of the molecule is C=CC[C@@H]1C=CC(=O)C([C@@H](C)[C@@H]2O[C@H](C[C@@H](C)COC(C)=O)[C@H](OCc3ccccc3)C2=O)O1.C=CC[C@@H]1C=CC(=O)C([C@@H](C)[C@@H]2O[C@H](C[C@@H](C)COC(C)=O)[C@H](OCc3ccccc3)[C@H]2O)O1. The zero-order chi connectivity index (χ0) is 49.3. The third kappa shape index (κ3) is 15.5. The van der Waals surface area contributed by atoms with E-state index in [1.807, 2.05) is 81.4 Å². The molecular formula is C54H70O14. The number of rotatable bonds is 22. The van der Waals surface area contributed by atoms with E-state index < -0.39 is 66.8 Å². The van der Waals surface area contributed by atoms with E-state index in [-0.39, 0.29) is 73.2 Å². The topological polar surface area (TPSA) is 179 Å². The van der Waals surface area contributed by atoms with Gasteiger partial charge >= 0.3 is 11.9 Å². The Bertz CT molecular complexity index is 2030. The fourth-order valence-electron chi connectivity index (χ4n) is 8.89. The molecule has 0 radical (unpaired) electrons. The van der Waals surface area contributed by atoms with E-state index in [1.54, 1.807) is 37.3 Å². The third-order valence-electron chi connectivity index (χ3n) is 12.5. The third-order valence-corrected chi connectivity index (χ3v) is 12.5. The summed E-state index contributed by atoms with van der Waals surface area (Å²) in [7, 11) is 0. The number of Topliss-reactive ketones (excluding diaryl/α,β-unsaturated/α-hetero) is 1. The van der Waals surface area contributed by atoms with Crippen LogP contribution in [0.3, 0.4) is 0 Å². The van der Waals surface area contributed by atoms with Crippen molar-refractivity contribution >= 4 is 29.3 Å². The van der Waals surface area contributed by atoms with Crippen molar-refractivity contribution in [2.45, 2.75) is 148 Å². The van der Waals surface area contributed by atoms with Crippen molar-refractivity contribution in [1.29, 1.82) is 0 Å². The molecule has 68 heavy (non-hydrogen) atoms. The zero-order valence-electron chi connectivity index (χ0n) is 40.2. The Morgan fingerprint density at radius 2 is 1.12 bits per heavy atom. The second-order valence-electron chi connectivity index (χ2n) is 18.4. The van der Waals surface area contributed by atoms with Crippen molar-refractivity contribution in [2.75, 3.05) is 13.2 Å². The highest BCUT2D eigenvalue weighted by molar-refractivity contribution is 5.96. The monoisotopic (exact) mass is 942 g/mol. The fourth-order valence-corrected chi connectivity index (χ4v) is 8.89. The minimum atomic E-state index is -0.940. The molecule has 15 atom stereocenters. The lowest BCUT2D eigenvalue weighted by Crippen LogP contribution is -2.46. The highest BCUT2D eigenvalue weighted by Gasteiger charge is 2.51. The molecule has 4 heterocycles. The number of benzene rings is 2. The summed E-state index contributed by atoms with van der Waals surface area (Å²) in [6.07, 6.45) is 5.45. The van der Waals surface area contributed by atoms with Crippen LogP contribution in [0.5, 0.6) is 0 Å². The number of aliphatic hydroxyl groups excluding tert-OH is 1. The molecule has 0 spiro atoms. The van der Waals surface area contributed by atoms with Gasteiger partial charge in [-0.3, -0.25) is 24.0 Å². The molecule has 4 aliphatic rings. The van der Waals surface area contributed by atoms with Crippen LogP contribution < -0.4 is 0 Å². The highest BCUT2D eigenvalue weighted by atomic mass is 16.6. The van der Waals surface area contributed by atoms with Gasteiger partial charge in [0.1, 0.15) is 36.6 Å². The van der Waals surface area contributed by atoms with Crippen LogP contribution in [0.4, 0.5) is 0 Å². The van der Waals surface area contributed by atoms with E-state index in [0.717, 1.165) is 11.1 Å². The maximum absolute atomic E-state index is 13.4. The molecule has 0 aromatic heterocycles. The highest BCUT2D eigenvalue weighted by Crippen LogP contribution is 2.37. The molecule has 0 amide bonds. The van der Waals surface area contributed by atoms with E-state index >= 15 is 0 Å². The molecule has 2 fully saturated rings. The lowest BCUT2D eigenvalue weighted by Gasteiger charge is -2.32. The van der Waals surface area contributed by atoms with E-state index in [0.29, 0.717) is 32.3 Å². The summed E-state index contributed by atoms with van der Waals surface area (Å²) in [4.78, 5) is 61.0. The summed E-state index contributed by atoms with van der Waals surface area (Å²) in [5.41, 5.74) is 1.93. The van der Waals surface area contributed by atoms with Gasteiger partial charge in [0.05, 0.1) is 56.9 Å².